The van der Waals surface area contributed by atoms with E-state index in [1.807, 2.05) is 0 Å². The Kier molecular flexibility index (Phi) is 5.10. The Labute approximate surface area is 181 Å². The quantitative estimate of drug-likeness (QED) is 0.780. The van der Waals surface area contributed by atoms with Gasteiger partial charge < -0.3 is 14.8 Å². The lowest BCUT2D eigenvalue weighted by atomic mass is 9.67. The second-order valence-corrected chi connectivity index (χ2v) is 10.5. The molecule has 1 N–H and O–H groups in total. The van der Waals surface area contributed by atoms with Gasteiger partial charge in [-0.2, -0.15) is 4.31 Å². The van der Waals surface area contributed by atoms with E-state index in [0.29, 0.717) is 23.7 Å². The molecule has 1 spiro atoms. The maximum atomic E-state index is 13.4. The molecule has 5 rings (SSSR count). The fourth-order valence-corrected chi connectivity index (χ4v) is 6.60. The van der Waals surface area contributed by atoms with E-state index in [-0.39, 0.29) is 29.6 Å². The maximum absolute atomic E-state index is 13.4. The number of ether oxygens (including phenoxy) is 2. The van der Waals surface area contributed by atoms with Gasteiger partial charge in [-0.25, -0.2) is 8.42 Å². The summed E-state index contributed by atoms with van der Waals surface area (Å²) in [6.07, 6.45) is 7.75. The molecule has 2 aromatic rings. The fraction of sp³-hybridized carbons (Fsp3) is 0.455. The summed E-state index contributed by atoms with van der Waals surface area (Å²) in [7, 11) is -3.71. The lowest BCUT2D eigenvalue weighted by Crippen LogP contribution is -2.39. The minimum absolute atomic E-state index is 0.148. The summed E-state index contributed by atoms with van der Waals surface area (Å²) < 4.78 is 38.7. The van der Waals surface area contributed by atoms with Crippen molar-refractivity contribution in [1.82, 2.24) is 9.29 Å². The number of sulfonamides is 1. The van der Waals surface area contributed by atoms with Crippen LogP contribution in [0.25, 0.3) is 0 Å². The van der Waals surface area contributed by atoms with Gasteiger partial charge in [-0.3, -0.25) is 9.78 Å². The largest absolute Gasteiger partial charge is 0.454 e. The van der Waals surface area contributed by atoms with Crippen molar-refractivity contribution in [2.45, 2.75) is 37.0 Å². The molecule has 2 fully saturated rings. The molecule has 164 valence electrons. The number of nitrogens with zero attached hydrogens (tertiary/aromatic N) is 2. The number of anilines is 1. The van der Waals surface area contributed by atoms with Crippen molar-refractivity contribution in [3.8, 4) is 11.5 Å². The number of fused-ring (bicyclic) bond motifs is 1. The summed E-state index contributed by atoms with van der Waals surface area (Å²) in [6.45, 7) is 0.705. The van der Waals surface area contributed by atoms with Gasteiger partial charge in [0.15, 0.2) is 11.5 Å². The smallest absolute Gasteiger partial charge is 0.244 e. The highest BCUT2D eigenvalue weighted by Crippen LogP contribution is 2.49. The maximum Gasteiger partial charge on any atom is 0.244 e. The van der Waals surface area contributed by atoms with Crippen molar-refractivity contribution in [3.63, 3.8) is 0 Å². The Morgan fingerprint density at radius 2 is 1.94 bits per heavy atom. The van der Waals surface area contributed by atoms with Gasteiger partial charge in [-0.05, 0) is 42.5 Å². The monoisotopic (exact) mass is 443 g/mol. The van der Waals surface area contributed by atoms with Gasteiger partial charge in [0.25, 0.3) is 0 Å². The minimum atomic E-state index is -3.71. The van der Waals surface area contributed by atoms with Crippen LogP contribution in [-0.4, -0.2) is 43.5 Å². The number of benzene rings is 1. The van der Waals surface area contributed by atoms with E-state index in [2.05, 4.69) is 10.3 Å². The molecule has 1 unspecified atom stereocenters. The van der Waals surface area contributed by atoms with Gasteiger partial charge in [-0.1, -0.05) is 19.3 Å². The highest BCUT2D eigenvalue weighted by atomic mass is 32.2. The lowest BCUT2D eigenvalue weighted by Gasteiger charge is -2.37. The van der Waals surface area contributed by atoms with Crippen molar-refractivity contribution in [1.29, 1.82) is 0 Å². The first-order valence-corrected chi connectivity index (χ1v) is 12.0. The molecule has 8 nitrogen and oxygen atoms in total. The molecule has 31 heavy (non-hydrogen) atoms. The Bertz CT molecular complexity index is 1080. The van der Waals surface area contributed by atoms with Gasteiger partial charge in [-0.15, -0.1) is 0 Å². The fourth-order valence-electron chi connectivity index (χ4n) is 5.08. The standard InChI is InChI=1S/C22H25N3O5S/c26-21(24-16-6-7-19-20(11-16)30-15-29-19)18-13-25(14-22(18)8-2-1-3-9-22)31(27,28)17-5-4-10-23-12-17/h4-7,10-12,18H,1-3,8-9,13-15H2,(H,24,26). The summed E-state index contributed by atoms with van der Waals surface area (Å²) in [5.74, 6) is 0.683. The lowest BCUT2D eigenvalue weighted by molar-refractivity contribution is -0.123. The second kappa shape index (κ2) is 7.80. The molecule has 3 aliphatic rings. The molecule has 0 radical (unpaired) electrons. The SMILES string of the molecule is O=C(Nc1ccc2c(c1)OCO2)C1CN(S(=O)(=O)c2cccnc2)CC12CCCCC2. The molecule has 2 aliphatic heterocycles. The van der Waals surface area contributed by atoms with Crippen LogP contribution >= 0.6 is 0 Å². The Balaban J connectivity index is 1.41. The van der Waals surface area contributed by atoms with Gasteiger partial charge in [0.05, 0.1) is 5.92 Å². The first-order chi connectivity index (χ1) is 15.0. The van der Waals surface area contributed by atoms with E-state index < -0.39 is 15.9 Å². The molecule has 1 amide bonds. The second-order valence-electron chi connectivity index (χ2n) is 8.52. The number of hydrogen-bond donors (Lipinski definition) is 1. The minimum Gasteiger partial charge on any atom is -0.454 e. The summed E-state index contributed by atoms with van der Waals surface area (Å²) in [5.41, 5.74) is 0.280. The predicted octanol–water partition coefficient (Wildman–Crippen LogP) is 3.02. The average Bonchev–Trinajstić information content (AvgIpc) is 3.40. The predicted molar refractivity (Wildman–Crippen MR) is 113 cm³/mol. The molecule has 1 aliphatic carbocycles. The van der Waals surface area contributed by atoms with E-state index in [1.54, 1.807) is 36.5 Å². The molecule has 1 atom stereocenters. The molecule has 3 heterocycles. The van der Waals surface area contributed by atoms with Crippen LogP contribution in [0, 0.1) is 11.3 Å². The van der Waals surface area contributed by atoms with Crippen LogP contribution in [0.5, 0.6) is 11.5 Å². The topological polar surface area (TPSA) is 97.8 Å². The molecule has 0 bridgehead atoms. The van der Waals surface area contributed by atoms with Crippen molar-refractivity contribution in [3.05, 3.63) is 42.7 Å². The number of pyridine rings is 1. The van der Waals surface area contributed by atoms with Crippen molar-refractivity contribution < 1.29 is 22.7 Å². The summed E-state index contributed by atoms with van der Waals surface area (Å²) in [5, 5.41) is 2.99. The van der Waals surface area contributed by atoms with Crippen LogP contribution in [0.15, 0.2) is 47.6 Å². The van der Waals surface area contributed by atoms with Crippen LogP contribution in [0.2, 0.25) is 0 Å². The zero-order chi connectivity index (χ0) is 21.5. The van der Waals surface area contributed by atoms with Crippen LogP contribution < -0.4 is 14.8 Å². The number of hydrogen-bond acceptors (Lipinski definition) is 6. The third-order valence-corrected chi connectivity index (χ3v) is 8.49. The van der Waals surface area contributed by atoms with E-state index in [9.17, 15) is 13.2 Å². The molecule has 1 saturated heterocycles. The van der Waals surface area contributed by atoms with E-state index in [4.69, 9.17) is 9.47 Å². The molecule has 1 aromatic carbocycles. The summed E-state index contributed by atoms with van der Waals surface area (Å²) in [6, 6.07) is 8.45. The zero-order valence-corrected chi connectivity index (χ0v) is 17.9. The van der Waals surface area contributed by atoms with E-state index >= 15 is 0 Å². The Hall–Kier alpha value is -2.65. The molecule has 1 saturated carbocycles. The number of amides is 1. The van der Waals surface area contributed by atoms with Gasteiger partial charge in [0, 0.05) is 37.2 Å². The number of carbonyl (C=O) groups excluding carboxylic acids is 1. The zero-order valence-electron chi connectivity index (χ0n) is 17.1. The highest BCUT2D eigenvalue weighted by molar-refractivity contribution is 7.89. The number of aromatic nitrogens is 1. The number of nitrogens with one attached hydrogen (secondary N) is 1. The highest BCUT2D eigenvalue weighted by Gasteiger charge is 2.53. The third kappa shape index (κ3) is 3.65. The number of carbonyl (C=O) groups is 1. The molecular weight excluding hydrogens is 418 g/mol. The first-order valence-electron chi connectivity index (χ1n) is 10.6. The van der Waals surface area contributed by atoms with Gasteiger partial charge in [0.1, 0.15) is 4.90 Å². The third-order valence-electron chi connectivity index (χ3n) is 6.69. The average molecular weight is 444 g/mol. The summed E-state index contributed by atoms with van der Waals surface area (Å²) >= 11 is 0. The van der Waals surface area contributed by atoms with E-state index in [1.165, 1.54) is 10.5 Å². The first kappa shape index (κ1) is 20.3. The Morgan fingerprint density at radius 1 is 1.13 bits per heavy atom. The number of rotatable bonds is 4. The van der Waals surface area contributed by atoms with E-state index in [0.717, 1.165) is 32.1 Å². The normalized spacial score (nSPS) is 22.5. The van der Waals surface area contributed by atoms with Crippen molar-refractivity contribution in [2.24, 2.45) is 11.3 Å². The molecule has 1 aromatic heterocycles. The van der Waals surface area contributed by atoms with Gasteiger partial charge in [0.2, 0.25) is 22.7 Å². The Morgan fingerprint density at radius 3 is 2.71 bits per heavy atom. The molecular formula is C22H25N3O5S. The molecule has 9 heteroatoms. The summed E-state index contributed by atoms with van der Waals surface area (Å²) in [4.78, 5) is 17.5. The van der Waals surface area contributed by atoms with Crippen LogP contribution in [0.4, 0.5) is 5.69 Å². The van der Waals surface area contributed by atoms with Crippen LogP contribution in [0.1, 0.15) is 32.1 Å². The van der Waals surface area contributed by atoms with Crippen molar-refractivity contribution >= 4 is 21.6 Å². The van der Waals surface area contributed by atoms with Crippen LogP contribution in [0.3, 0.4) is 0 Å². The van der Waals surface area contributed by atoms with Gasteiger partial charge >= 0.3 is 0 Å². The van der Waals surface area contributed by atoms with Crippen molar-refractivity contribution in [2.75, 3.05) is 25.2 Å². The van der Waals surface area contributed by atoms with Crippen LogP contribution in [-0.2, 0) is 14.8 Å².